The van der Waals surface area contributed by atoms with Crippen LogP contribution in [0.4, 0.5) is 0 Å². The zero-order valence-corrected chi connectivity index (χ0v) is 8.55. The lowest BCUT2D eigenvalue weighted by molar-refractivity contribution is 0.440. The molecule has 72 valence electrons. The second kappa shape index (κ2) is 3.99. The summed E-state index contributed by atoms with van der Waals surface area (Å²) >= 11 is 5.80. The molecule has 3 N–H and O–H groups in total. The van der Waals surface area contributed by atoms with E-state index in [2.05, 4.69) is 0 Å². The van der Waals surface area contributed by atoms with Crippen molar-refractivity contribution in [2.45, 2.75) is 19.9 Å². The van der Waals surface area contributed by atoms with Crippen molar-refractivity contribution in [2.75, 3.05) is 0 Å². The maximum absolute atomic E-state index is 9.52. The van der Waals surface area contributed by atoms with Crippen LogP contribution in [0.15, 0.2) is 18.2 Å². The van der Waals surface area contributed by atoms with Gasteiger partial charge in [-0.2, -0.15) is 0 Å². The largest absolute Gasteiger partial charge is 0.508 e. The minimum Gasteiger partial charge on any atom is -0.508 e. The maximum atomic E-state index is 9.52. The summed E-state index contributed by atoms with van der Waals surface area (Å²) in [7, 11) is 0. The maximum Gasteiger partial charge on any atom is 0.120 e. The molecule has 2 nitrogen and oxygen atoms in total. The number of hydrogen-bond acceptors (Lipinski definition) is 2. The van der Waals surface area contributed by atoms with Crippen LogP contribution in [0.3, 0.4) is 0 Å². The Hall–Kier alpha value is -0.730. The highest BCUT2D eigenvalue weighted by Gasteiger charge is 2.14. The zero-order chi connectivity index (χ0) is 10.0. The van der Waals surface area contributed by atoms with E-state index < -0.39 is 0 Å². The first-order valence-electron chi connectivity index (χ1n) is 4.26. The Morgan fingerprint density at radius 3 is 2.54 bits per heavy atom. The molecule has 0 aliphatic carbocycles. The highest BCUT2D eigenvalue weighted by Crippen LogP contribution is 2.29. The van der Waals surface area contributed by atoms with E-state index in [1.807, 2.05) is 13.8 Å². The molecule has 0 heterocycles. The molecule has 0 spiro atoms. The number of rotatable bonds is 2. The number of hydrogen-bond donors (Lipinski definition) is 2. The van der Waals surface area contributed by atoms with Crippen molar-refractivity contribution in [1.82, 2.24) is 0 Å². The van der Waals surface area contributed by atoms with Crippen LogP contribution in [0.1, 0.15) is 25.5 Å². The lowest BCUT2D eigenvalue weighted by Gasteiger charge is -2.17. The molecular formula is C10H14ClNO. The Morgan fingerprint density at radius 1 is 1.38 bits per heavy atom. The van der Waals surface area contributed by atoms with Gasteiger partial charge in [0.05, 0.1) is 0 Å². The molecule has 0 amide bonds. The van der Waals surface area contributed by atoms with Crippen LogP contribution in [0.2, 0.25) is 5.02 Å². The Kier molecular flexibility index (Phi) is 3.17. The van der Waals surface area contributed by atoms with Gasteiger partial charge in [-0.3, -0.25) is 0 Å². The van der Waals surface area contributed by atoms with E-state index in [1.54, 1.807) is 18.2 Å². The lowest BCUT2D eigenvalue weighted by atomic mass is 9.96. The van der Waals surface area contributed by atoms with Crippen LogP contribution in [0.25, 0.3) is 0 Å². The van der Waals surface area contributed by atoms with Crippen LogP contribution in [-0.4, -0.2) is 5.11 Å². The monoisotopic (exact) mass is 199 g/mol. The van der Waals surface area contributed by atoms with E-state index in [-0.39, 0.29) is 17.7 Å². The molecule has 1 aromatic rings. The molecule has 0 saturated carbocycles. The molecule has 1 atom stereocenters. The van der Waals surface area contributed by atoms with Gasteiger partial charge in [0, 0.05) is 16.6 Å². The highest BCUT2D eigenvalue weighted by molar-refractivity contribution is 6.30. The van der Waals surface area contributed by atoms with Crippen LogP contribution >= 0.6 is 11.6 Å². The summed E-state index contributed by atoms with van der Waals surface area (Å²) in [5, 5.41) is 10.1. The van der Waals surface area contributed by atoms with E-state index in [9.17, 15) is 5.11 Å². The third-order valence-electron chi connectivity index (χ3n) is 2.07. The van der Waals surface area contributed by atoms with Gasteiger partial charge in [-0.25, -0.2) is 0 Å². The average molecular weight is 200 g/mol. The summed E-state index contributed by atoms with van der Waals surface area (Å²) in [5.41, 5.74) is 6.60. The summed E-state index contributed by atoms with van der Waals surface area (Å²) in [4.78, 5) is 0. The number of benzene rings is 1. The van der Waals surface area contributed by atoms with Gasteiger partial charge in [0.2, 0.25) is 0 Å². The Balaban J connectivity index is 3.05. The number of phenols is 1. The fourth-order valence-electron chi connectivity index (χ4n) is 1.15. The predicted octanol–water partition coefficient (Wildman–Crippen LogP) is 2.70. The fourth-order valence-corrected chi connectivity index (χ4v) is 1.33. The van der Waals surface area contributed by atoms with Crippen molar-refractivity contribution in [3.8, 4) is 5.75 Å². The first-order chi connectivity index (χ1) is 6.02. The topological polar surface area (TPSA) is 46.2 Å². The van der Waals surface area contributed by atoms with E-state index in [4.69, 9.17) is 17.3 Å². The van der Waals surface area contributed by atoms with Crippen molar-refractivity contribution >= 4 is 11.6 Å². The molecule has 0 aliphatic heterocycles. The Labute approximate surface area is 83.3 Å². The van der Waals surface area contributed by atoms with E-state index in [0.717, 1.165) is 0 Å². The van der Waals surface area contributed by atoms with E-state index in [0.29, 0.717) is 10.6 Å². The molecular weight excluding hydrogens is 186 g/mol. The van der Waals surface area contributed by atoms with Gasteiger partial charge in [-0.1, -0.05) is 25.4 Å². The molecule has 13 heavy (non-hydrogen) atoms. The van der Waals surface area contributed by atoms with Gasteiger partial charge in [0.25, 0.3) is 0 Å². The van der Waals surface area contributed by atoms with Gasteiger partial charge >= 0.3 is 0 Å². The highest BCUT2D eigenvalue weighted by atomic mass is 35.5. The normalized spacial score (nSPS) is 13.3. The summed E-state index contributed by atoms with van der Waals surface area (Å²) in [6, 6.07) is 4.76. The molecule has 1 rings (SSSR count). The quantitative estimate of drug-likeness (QED) is 0.770. The molecule has 0 fully saturated rings. The van der Waals surface area contributed by atoms with E-state index in [1.165, 1.54) is 0 Å². The molecule has 0 aromatic heterocycles. The van der Waals surface area contributed by atoms with Crippen molar-refractivity contribution < 1.29 is 5.11 Å². The zero-order valence-electron chi connectivity index (χ0n) is 7.79. The first kappa shape index (κ1) is 10.4. The van der Waals surface area contributed by atoms with Crippen molar-refractivity contribution in [3.05, 3.63) is 28.8 Å². The van der Waals surface area contributed by atoms with Gasteiger partial charge in [0.1, 0.15) is 5.75 Å². The minimum atomic E-state index is -0.168. The number of nitrogens with two attached hydrogens (primary N) is 1. The standard InChI is InChI=1S/C10H14ClNO/c1-6(2)10(12)8-5-7(11)3-4-9(8)13/h3-6,10,13H,12H2,1-2H3/t10-/m0/s1. The smallest absolute Gasteiger partial charge is 0.120 e. The summed E-state index contributed by atoms with van der Waals surface area (Å²) in [5.74, 6) is 0.495. The summed E-state index contributed by atoms with van der Waals surface area (Å²) < 4.78 is 0. The first-order valence-corrected chi connectivity index (χ1v) is 4.64. The van der Waals surface area contributed by atoms with Gasteiger partial charge < -0.3 is 10.8 Å². The van der Waals surface area contributed by atoms with Crippen LogP contribution in [-0.2, 0) is 0 Å². The molecule has 0 saturated heterocycles. The lowest BCUT2D eigenvalue weighted by Crippen LogP contribution is -2.16. The van der Waals surface area contributed by atoms with Crippen molar-refractivity contribution in [2.24, 2.45) is 11.7 Å². The van der Waals surface area contributed by atoms with Gasteiger partial charge in [-0.05, 0) is 24.1 Å². The number of aromatic hydroxyl groups is 1. The van der Waals surface area contributed by atoms with Gasteiger partial charge in [-0.15, -0.1) is 0 Å². The van der Waals surface area contributed by atoms with Crippen LogP contribution in [0, 0.1) is 5.92 Å². The molecule has 0 unspecified atom stereocenters. The van der Waals surface area contributed by atoms with Crippen molar-refractivity contribution in [3.63, 3.8) is 0 Å². The minimum absolute atomic E-state index is 0.168. The second-order valence-electron chi connectivity index (χ2n) is 3.47. The third-order valence-corrected chi connectivity index (χ3v) is 2.30. The number of phenolic OH excluding ortho intramolecular Hbond substituents is 1. The molecule has 0 bridgehead atoms. The SMILES string of the molecule is CC(C)[C@H](N)c1cc(Cl)ccc1O. The van der Waals surface area contributed by atoms with Crippen LogP contribution in [0.5, 0.6) is 5.75 Å². The van der Waals surface area contributed by atoms with Crippen molar-refractivity contribution in [1.29, 1.82) is 0 Å². The molecule has 0 radical (unpaired) electrons. The predicted molar refractivity (Wildman–Crippen MR) is 54.9 cm³/mol. The van der Waals surface area contributed by atoms with Gasteiger partial charge in [0.15, 0.2) is 0 Å². The average Bonchev–Trinajstić information content (AvgIpc) is 2.08. The Bertz CT molecular complexity index is 299. The molecule has 0 aliphatic rings. The Morgan fingerprint density at radius 2 is 2.00 bits per heavy atom. The molecule has 1 aromatic carbocycles. The summed E-state index contributed by atoms with van der Waals surface area (Å²) in [6.45, 7) is 4.01. The second-order valence-corrected chi connectivity index (χ2v) is 3.91. The van der Waals surface area contributed by atoms with E-state index >= 15 is 0 Å². The van der Waals surface area contributed by atoms with Crippen LogP contribution < -0.4 is 5.73 Å². The third kappa shape index (κ3) is 2.36. The summed E-state index contributed by atoms with van der Waals surface area (Å²) in [6.07, 6.45) is 0. The number of halogens is 1. The fraction of sp³-hybridized carbons (Fsp3) is 0.400. The molecule has 3 heteroatoms.